The molecule has 2 amide bonds. The molecule has 3 aromatic carbocycles. The van der Waals surface area contributed by atoms with Crippen molar-refractivity contribution in [3.05, 3.63) is 101 Å². The molecule has 0 fully saturated rings. The van der Waals surface area contributed by atoms with Gasteiger partial charge in [0.2, 0.25) is 5.91 Å². The Morgan fingerprint density at radius 2 is 1.62 bits per heavy atom. The van der Waals surface area contributed by atoms with E-state index >= 15 is 0 Å². The molecule has 1 aromatic heterocycles. The monoisotopic (exact) mass is 426 g/mol. The molecule has 0 saturated carbocycles. The predicted molar refractivity (Wildman–Crippen MR) is 125 cm³/mol. The summed E-state index contributed by atoms with van der Waals surface area (Å²) in [4.78, 5) is 30.2. The molecule has 1 unspecified atom stereocenters. The third-order valence-corrected chi connectivity index (χ3v) is 5.51. The van der Waals surface area contributed by atoms with Crippen molar-refractivity contribution >= 4 is 22.8 Å². The summed E-state index contributed by atoms with van der Waals surface area (Å²) in [6, 6.07) is 24.8. The predicted octanol–water partition coefficient (Wildman–Crippen LogP) is 4.15. The molecule has 162 valence electrons. The van der Waals surface area contributed by atoms with Crippen LogP contribution in [0.4, 0.5) is 0 Å². The summed E-state index contributed by atoms with van der Waals surface area (Å²) in [6.07, 6.45) is 0. The van der Waals surface area contributed by atoms with Crippen molar-refractivity contribution in [1.29, 1.82) is 0 Å². The molecule has 0 aliphatic rings. The number of aromatic nitrogens is 2. The zero-order valence-electron chi connectivity index (χ0n) is 18.2. The van der Waals surface area contributed by atoms with E-state index in [2.05, 4.69) is 15.6 Å². The quantitative estimate of drug-likeness (QED) is 0.466. The van der Waals surface area contributed by atoms with E-state index < -0.39 is 0 Å². The van der Waals surface area contributed by atoms with Gasteiger partial charge < -0.3 is 15.2 Å². The molecule has 1 heterocycles. The number of carbonyl (C=O) groups excluding carboxylic acids is 2. The third kappa shape index (κ3) is 4.70. The van der Waals surface area contributed by atoms with Gasteiger partial charge in [0.15, 0.2) is 0 Å². The average Bonchev–Trinajstić information content (AvgIpc) is 3.15. The summed E-state index contributed by atoms with van der Waals surface area (Å²) in [5, 5.41) is 5.99. The van der Waals surface area contributed by atoms with Gasteiger partial charge in [0.05, 0.1) is 23.6 Å². The molecular formula is C26H26N4O2. The summed E-state index contributed by atoms with van der Waals surface area (Å²) in [7, 11) is 0. The van der Waals surface area contributed by atoms with Crippen LogP contribution < -0.4 is 10.6 Å². The fourth-order valence-corrected chi connectivity index (χ4v) is 3.77. The smallest absolute Gasteiger partial charge is 0.251 e. The number of aryl methyl sites for hydroxylation is 1. The molecule has 0 aliphatic carbocycles. The van der Waals surface area contributed by atoms with E-state index in [1.165, 1.54) is 0 Å². The van der Waals surface area contributed by atoms with Gasteiger partial charge in [0, 0.05) is 5.56 Å². The molecule has 32 heavy (non-hydrogen) atoms. The highest BCUT2D eigenvalue weighted by Gasteiger charge is 2.17. The Balaban J connectivity index is 1.52. The Morgan fingerprint density at radius 1 is 0.938 bits per heavy atom. The molecule has 4 aromatic rings. The van der Waals surface area contributed by atoms with Gasteiger partial charge in [-0.25, -0.2) is 4.98 Å². The Labute approximate surface area is 187 Å². The second-order valence-corrected chi connectivity index (χ2v) is 7.80. The van der Waals surface area contributed by atoms with Crippen LogP contribution in [0.25, 0.3) is 11.0 Å². The third-order valence-electron chi connectivity index (χ3n) is 5.51. The van der Waals surface area contributed by atoms with E-state index in [1.807, 2.05) is 91.2 Å². The van der Waals surface area contributed by atoms with Gasteiger partial charge in [-0.15, -0.1) is 0 Å². The van der Waals surface area contributed by atoms with Crippen molar-refractivity contribution in [3.8, 4) is 0 Å². The summed E-state index contributed by atoms with van der Waals surface area (Å²) in [5.74, 6) is 0.357. The van der Waals surface area contributed by atoms with Crippen molar-refractivity contribution in [2.24, 2.45) is 0 Å². The van der Waals surface area contributed by atoms with E-state index in [4.69, 9.17) is 0 Å². The zero-order chi connectivity index (χ0) is 22.5. The van der Waals surface area contributed by atoms with E-state index in [0.717, 1.165) is 22.2 Å². The van der Waals surface area contributed by atoms with E-state index in [9.17, 15) is 9.59 Å². The number of amides is 2. The van der Waals surface area contributed by atoms with Crippen LogP contribution in [0.1, 0.15) is 40.3 Å². The molecule has 0 spiro atoms. The first kappa shape index (κ1) is 21.3. The van der Waals surface area contributed by atoms with Crippen molar-refractivity contribution in [2.45, 2.75) is 33.0 Å². The van der Waals surface area contributed by atoms with Gasteiger partial charge in [-0.3, -0.25) is 9.59 Å². The number of para-hydroxylation sites is 2. The van der Waals surface area contributed by atoms with Gasteiger partial charge in [-0.2, -0.15) is 0 Å². The lowest BCUT2D eigenvalue weighted by atomic mass is 10.1. The Hall–Kier alpha value is -3.93. The minimum Gasteiger partial charge on any atom is -0.348 e. The highest BCUT2D eigenvalue weighted by atomic mass is 16.2. The number of imidazole rings is 1. The first-order valence-electron chi connectivity index (χ1n) is 10.6. The maximum absolute atomic E-state index is 12.8. The lowest BCUT2D eigenvalue weighted by Gasteiger charge is -2.16. The number of fused-ring (bicyclic) bond motifs is 1. The van der Waals surface area contributed by atoms with Crippen LogP contribution in [-0.2, 0) is 17.9 Å². The molecule has 0 radical (unpaired) electrons. The van der Waals surface area contributed by atoms with Crippen LogP contribution in [0.2, 0.25) is 0 Å². The summed E-state index contributed by atoms with van der Waals surface area (Å²) in [6.45, 7) is 4.21. The number of hydrogen-bond donors (Lipinski definition) is 2. The summed E-state index contributed by atoms with van der Waals surface area (Å²) >= 11 is 0. The number of carbonyl (C=O) groups is 2. The minimum atomic E-state index is -0.163. The highest BCUT2D eigenvalue weighted by Crippen LogP contribution is 2.17. The number of rotatable bonds is 7. The van der Waals surface area contributed by atoms with E-state index in [1.54, 1.807) is 6.07 Å². The maximum Gasteiger partial charge on any atom is 0.251 e. The minimum absolute atomic E-state index is 0.109. The zero-order valence-corrected chi connectivity index (χ0v) is 18.2. The van der Waals surface area contributed by atoms with Crippen molar-refractivity contribution < 1.29 is 9.59 Å². The Bertz CT molecular complexity index is 1250. The van der Waals surface area contributed by atoms with Crippen LogP contribution in [0, 0.1) is 6.92 Å². The maximum atomic E-state index is 12.8. The van der Waals surface area contributed by atoms with Gasteiger partial charge in [-0.05, 0) is 43.2 Å². The van der Waals surface area contributed by atoms with Crippen molar-refractivity contribution in [3.63, 3.8) is 0 Å². The van der Waals surface area contributed by atoms with Crippen LogP contribution in [0.5, 0.6) is 0 Å². The molecule has 6 heteroatoms. The van der Waals surface area contributed by atoms with Crippen LogP contribution in [0.3, 0.4) is 0 Å². The summed E-state index contributed by atoms with van der Waals surface area (Å²) < 4.78 is 1.86. The normalized spacial score (nSPS) is 11.8. The lowest BCUT2D eigenvalue weighted by molar-refractivity contribution is -0.122. The van der Waals surface area contributed by atoms with E-state index in [0.29, 0.717) is 11.4 Å². The van der Waals surface area contributed by atoms with E-state index in [-0.39, 0.29) is 30.9 Å². The van der Waals surface area contributed by atoms with Gasteiger partial charge in [0.25, 0.3) is 5.91 Å². The first-order valence-corrected chi connectivity index (χ1v) is 10.6. The van der Waals surface area contributed by atoms with Crippen molar-refractivity contribution in [1.82, 2.24) is 20.2 Å². The fourth-order valence-electron chi connectivity index (χ4n) is 3.77. The molecular weight excluding hydrogens is 400 g/mol. The second kappa shape index (κ2) is 9.47. The number of hydrogen-bond acceptors (Lipinski definition) is 3. The largest absolute Gasteiger partial charge is 0.348 e. The Kier molecular flexibility index (Phi) is 6.31. The average molecular weight is 427 g/mol. The van der Waals surface area contributed by atoms with Crippen LogP contribution >= 0.6 is 0 Å². The summed E-state index contributed by atoms with van der Waals surface area (Å²) in [5.41, 5.74) is 4.23. The van der Waals surface area contributed by atoms with Gasteiger partial charge in [0.1, 0.15) is 12.4 Å². The highest BCUT2D eigenvalue weighted by molar-refractivity contribution is 5.95. The van der Waals surface area contributed by atoms with Gasteiger partial charge >= 0.3 is 0 Å². The molecule has 4 rings (SSSR count). The molecule has 0 aliphatic heterocycles. The Morgan fingerprint density at radius 3 is 2.41 bits per heavy atom. The number of benzene rings is 3. The molecule has 6 nitrogen and oxygen atoms in total. The number of nitrogens with zero attached hydrogens (tertiary/aromatic N) is 2. The number of nitrogens with one attached hydrogen (secondary N) is 2. The molecule has 0 saturated heterocycles. The topological polar surface area (TPSA) is 76.0 Å². The van der Waals surface area contributed by atoms with Crippen LogP contribution in [0.15, 0.2) is 78.9 Å². The van der Waals surface area contributed by atoms with Gasteiger partial charge in [-0.1, -0.05) is 60.7 Å². The SMILES string of the molecule is Cc1ccccc1C(=O)NCc1nc2ccccc2n1CC(=O)NC(C)c1ccccc1. The first-order chi connectivity index (χ1) is 15.5. The molecule has 2 N–H and O–H groups in total. The lowest BCUT2D eigenvalue weighted by Crippen LogP contribution is -2.31. The van der Waals surface area contributed by atoms with Crippen LogP contribution in [-0.4, -0.2) is 21.4 Å². The standard InChI is InChI=1S/C26H26N4O2/c1-18-10-6-7-13-21(18)26(32)27-16-24-29-22-14-8-9-15-23(22)30(24)17-25(31)28-19(2)20-11-4-3-5-12-20/h3-15,19H,16-17H2,1-2H3,(H,27,32)(H,28,31). The second-order valence-electron chi connectivity index (χ2n) is 7.80. The fraction of sp³-hybridized carbons (Fsp3) is 0.192. The molecule has 1 atom stereocenters. The van der Waals surface area contributed by atoms with Crippen molar-refractivity contribution in [2.75, 3.05) is 0 Å². The molecule has 0 bridgehead atoms.